The van der Waals surface area contributed by atoms with Crippen LogP contribution in [0.25, 0.3) is 0 Å². The maximum Gasteiger partial charge on any atom is 0.252 e. The van der Waals surface area contributed by atoms with Crippen LogP contribution in [0, 0.1) is 9.49 Å². The van der Waals surface area contributed by atoms with E-state index in [1.165, 1.54) is 5.69 Å². The van der Waals surface area contributed by atoms with Crippen molar-refractivity contribution in [1.29, 1.82) is 0 Å². The average Bonchev–Trinajstić information content (AvgIpc) is 3.02. The Labute approximate surface area is 158 Å². The van der Waals surface area contributed by atoms with Gasteiger partial charge in [0.05, 0.1) is 5.56 Å². The molecule has 0 radical (unpaired) electrons. The predicted octanol–water partition coefficient (Wildman–Crippen LogP) is 4.31. The van der Waals surface area contributed by atoms with Crippen molar-refractivity contribution in [1.82, 2.24) is 5.32 Å². The maximum absolute atomic E-state index is 12.3. The van der Waals surface area contributed by atoms with Gasteiger partial charge in [-0.3, -0.25) is 4.79 Å². The molecule has 1 saturated heterocycles. The number of hydrogen-bond donors (Lipinski definition) is 1. The van der Waals surface area contributed by atoms with Crippen molar-refractivity contribution in [2.24, 2.45) is 5.92 Å². The van der Waals surface area contributed by atoms with Crippen molar-refractivity contribution < 1.29 is 4.79 Å². The Morgan fingerprint density at radius 2 is 2.09 bits per heavy atom. The molecule has 1 N–H and O–H groups in total. The van der Waals surface area contributed by atoms with E-state index in [0.717, 1.165) is 39.7 Å². The number of anilines is 1. The normalized spacial score (nSPS) is 17.3. The van der Waals surface area contributed by atoms with Gasteiger partial charge < -0.3 is 10.2 Å². The van der Waals surface area contributed by atoms with Crippen LogP contribution in [0.15, 0.2) is 53.0 Å². The Kier molecular flexibility index (Phi) is 5.58. The zero-order chi connectivity index (χ0) is 16.2. The standard InChI is InChI=1S/C18H18BrIN2O/c19-14-4-3-5-15(10-14)22-9-8-13(12-22)11-21-18(23)16-6-1-2-7-17(16)20/h1-7,10,13H,8-9,11-12H2,(H,21,23). The lowest BCUT2D eigenvalue weighted by atomic mass is 10.1. The van der Waals surface area contributed by atoms with Gasteiger partial charge >= 0.3 is 0 Å². The van der Waals surface area contributed by atoms with Crippen LogP contribution >= 0.6 is 38.5 Å². The van der Waals surface area contributed by atoms with Crippen LogP contribution in [-0.2, 0) is 0 Å². The molecular formula is C18H18BrIN2O. The highest BCUT2D eigenvalue weighted by Gasteiger charge is 2.23. The van der Waals surface area contributed by atoms with E-state index in [0.29, 0.717) is 5.92 Å². The molecule has 1 heterocycles. The van der Waals surface area contributed by atoms with Crippen molar-refractivity contribution in [3.63, 3.8) is 0 Å². The largest absolute Gasteiger partial charge is 0.371 e. The highest BCUT2D eigenvalue weighted by molar-refractivity contribution is 14.1. The van der Waals surface area contributed by atoms with E-state index in [1.807, 2.05) is 30.3 Å². The molecule has 0 bridgehead atoms. The Balaban J connectivity index is 1.54. The first-order chi connectivity index (χ1) is 11.1. The van der Waals surface area contributed by atoms with Gasteiger partial charge in [-0.15, -0.1) is 0 Å². The Morgan fingerprint density at radius 3 is 2.87 bits per heavy atom. The zero-order valence-electron chi connectivity index (χ0n) is 12.6. The average molecular weight is 485 g/mol. The van der Waals surface area contributed by atoms with E-state index in [4.69, 9.17) is 0 Å². The van der Waals surface area contributed by atoms with Crippen LogP contribution in [-0.4, -0.2) is 25.5 Å². The topological polar surface area (TPSA) is 32.3 Å². The van der Waals surface area contributed by atoms with Crippen molar-refractivity contribution in [2.45, 2.75) is 6.42 Å². The number of halogens is 2. The van der Waals surface area contributed by atoms with E-state index < -0.39 is 0 Å². The molecule has 5 heteroatoms. The van der Waals surface area contributed by atoms with Gasteiger partial charge in [-0.25, -0.2) is 0 Å². The summed E-state index contributed by atoms with van der Waals surface area (Å²) in [6, 6.07) is 16.1. The summed E-state index contributed by atoms with van der Waals surface area (Å²) in [4.78, 5) is 14.7. The van der Waals surface area contributed by atoms with E-state index in [-0.39, 0.29) is 5.91 Å². The fourth-order valence-electron chi connectivity index (χ4n) is 2.88. The summed E-state index contributed by atoms with van der Waals surface area (Å²) in [7, 11) is 0. The lowest BCUT2D eigenvalue weighted by molar-refractivity contribution is 0.0947. The molecule has 0 spiro atoms. The minimum absolute atomic E-state index is 0.0240. The van der Waals surface area contributed by atoms with Crippen molar-refractivity contribution in [3.05, 3.63) is 62.1 Å². The molecule has 1 unspecified atom stereocenters. The van der Waals surface area contributed by atoms with Crippen molar-refractivity contribution in [2.75, 3.05) is 24.5 Å². The summed E-state index contributed by atoms with van der Waals surface area (Å²) in [6.07, 6.45) is 1.11. The first-order valence-corrected chi connectivity index (χ1v) is 9.54. The van der Waals surface area contributed by atoms with Crippen LogP contribution in [0.2, 0.25) is 0 Å². The van der Waals surface area contributed by atoms with Gasteiger partial charge in [-0.2, -0.15) is 0 Å². The van der Waals surface area contributed by atoms with E-state index in [1.54, 1.807) is 0 Å². The summed E-state index contributed by atoms with van der Waals surface area (Å²) in [5, 5.41) is 3.09. The first kappa shape index (κ1) is 16.8. The second kappa shape index (κ2) is 7.66. The van der Waals surface area contributed by atoms with Gasteiger partial charge in [0.15, 0.2) is 0 Å². The predicted molar refractivity (Wildman–Crippen MR) is 106 cm³/mol. The highest BCUT2D eigenvalue weighted by atomic mass is 127. The van der Waals surface area contributed by atoms with Crippen LogP contribution in [0.4, 0.5) is 5.69 Å². The molecule has 1 fully saturated rings. The molecule has 120 valence electrons. The fourth-order valence-corrected chi connectivity index (χ4v) is 3.90. The number of nitrogens with one attached hydrogen (secondary N) is 1. The molecular weight excluding hydrogens is 467 g/mol. The summed E-state index contributed by atoms with van der Waals surface area (Å²) in [6.45, 7) is 2.76. The molecule has 1 aliphatic heterocycles. The Hall–Kier alpha value is -1.08. The number of hydrogen-bond acceptors (Lipinski definition) is 2. The van der Waals surface area contributed by atoms with Gasteiger partial charge in [-0.05, 0) is 65.3 Å². The maximum atomic E-state index is 12.3. The molecule has 0 aromatic heterocycles. The van der Waals surface area contributed by atoms with Gasteiger partial charge in [0, 0.05) is 33.4 Å². The monoisotopic (exact) mass is 484 g/mol. The number of carbonyl (C=O) groups excluding carboxylic acids is 1. The molecule has 3 nitrogen and oxygen atoms in total. The molecule has 1 aliphatic rings. The van der Waals surface area contributed by atoms with Gasteiger partial charge in [0.1, 0.15) is 0 Å². The smallest absolute Gasteiger partial charge is 0.252 e. The van der Waals surface area contributed by atoms with E-state index >= 15 is 0 Å². The summed E-state index contributed by atoms with van der Waals surface area (Å²) in [5.41, 5.74) is 2.00. The van der Waals surface area contributed by atoms with Crippen LogP contribution < -0.4 is 10.2 Å². The lowest BCUT2D eigenvalue weighted by Gasteiger charge is -2.19. The lowest BCUT2D eigenvalue weighted by Crippen LogP contribution is -2.31. The minimum Gasteiger partial charge on any atom is -0.371 e. The number of benzene rings is 2. The minimum atomic E-state index is 0.0240. The number of nitrogens with zero attached hydrogens (tertiary/aromatic N) is 1. The van der Waals surface area contributed by atoms with Crippen molar-refractivity contribution in [3.8, 4) is 0 Å². The third-order valence-electron chi connectivity index (χ3n) is 4.13. The fraction of sp³-hybridized carbons (Fsp3) is 0.278. The van der Waals surface area contributed by atoms with Gasteiger partial charge in [0.2, 0.25) is 0 Å². The second-order valence-electron chi connectivity index (χ2n) is 5.77. The molecule has 2 aromatic rings. The van der Waals surface area contributed by atoms with Crippen LogP contribution in [0.3, 0.4) is 0 Å². The summed E-state index contributed by atoms with van der Waals surface area (Å²) >= 11 is 5.73. The molecule has 3 rings (SSSR count). The van der Waals surface area contributed by atoms with E-state index in [9.17, 15) is 4.79 Å². The van der Waals surface area contributed by atoms with Crippen LogP contribution in [0.5, 0.6) is 0 Å². The van der Waals surface area contributed by atoms with E-state index in [2.05, 4.69) is 66.9 Å². The quantitative estimate of drug-likeness (QED) is 0.656. The molecule has 1 atom stereocenters. The Morgan fingerprint density at radius 1 is 1.26 bits per heavy atom. The SMILES string of the molecule is O=C(NCC1CCN(c2cccc(Br)c2)C1)c1ccccc1I. The van der Waals surface area contributed by atoms with Gasteiger partial charge in [-0.1, -0.05) is 34.1 Å². The third kappa shape index (κ3) is 4.26. The highest BCUT2D eigenvalue weighted by Crippen LogP contribution is 2.26. The van der Waals surface area contributed by atoms with Crippen molar-refractivity contribution >= 4 is 50.1 Å². The second-order valence-corrected chi connectivity index (χ2v) is 7.85. The number of rotatable bonds is 4. The first-order valence-electron chi connectivity index (χ1n) is 7.67. The molecule has 0 saturated carbocycles. The molecule has 0 aliphatic carbocycles. The number of amides is 1. The molecule has 2 aromatic carbocycles. The Bertz CT molecular complexity index is 707. The summed E-state index contributed by atoms with van der Waals surface area (Å²) < 4.78 is 2.09. The zero-order valence-corrected chi connectivity index (χ0v) is 16.4. The molecule has 23 heavy (non-hydrogen) atoms. The summed E-state index contributed by atoms with van der Waals surface area (Å²) in [5.74, 6) is 0.523. The number of carbonyl (C=O) groups is 1. The third-order valence-corrected chi connectivity index (χ3v) is 5.56. The van der Waals surface area contributed by atoms with Gasteiger partial charge in [0.25, 0.3) is 5.91 Å². The van der Waals surface area contributed by atoms with Crippen LogP contribution in [0.1, 0.15) is 16.8 Å². The molecule has 1 amide bonds.